The van der Waals surface area contributed by atoms with E-state index in [1.807, 2.05) is 68.0 Å². The van der Waals surface area contributed by atoms with Crippen LogP contribution in [0.1, 0.15) is 19.5 Å². The van der Waals surface area contributed by atoms with Crippen LogP contribution < -0.4 is 0 Å². The van der Waals surface area contributed by atoms with Crippen LogP contribution in [0.5, 0.6) is 0 Å². The maximum atomic E-state index is 2.45. The monoisotopic (exact) mass is 672 g/mol. The summed E-state index contributed by atoms with van der Waals surface area (Å²) in [5.74, 6) is 0. The van der Waals surface area contributed by atoms with Crippen LogP contribution in [0.2, 0.25) is 0 Å². The number of hydrogen-bond donors (Lipinski definition) is 0. The van der Waals surface area contributed by atoms with Crippen molar-refractivity contribution < 1.29 is 0 Å². The quantitative estimate of drug-likeness (QED) is 0.175. The van der Waals surface area contributed by atoms with Gasteiger partial charge in [-0.15, -0.1) is 68.0 Å². The average Bonchev–Trinajstić information content (AvgIpc) is 3.83. The Balaban J connectivity index is 1.29. The highest BCUT2D eigenvalue weighted by atomic mass is 32.1. The van der Waals surface area contributed by atoms with Crippen molar-refractivity contribution in [3.8, 4) is 83.5 Å². The van der Waals surface area contributed by atoms with Crippen molar-refractivity contribution in [2.45, 2.75) is 27.7 Å². The van der Waals surface area contributed by atoms with Crippen LogP contribution in [0.3, 0.4) is 0 Å². The third-order valence-corrected chi connectivity index (χ3v) is 16.0. The minimum absolute atomic E-state index is 1.36. The first-order valence-corrected chi connectivity index (χ1v) is 19.6. The minimum atomic E-state index is 1.36. The van der Waals surface area contributed by atoms with Gasteiger partial charge in [-0.3, -0.25) is 0 Å². The molecule has 0 saturated heterocycles. The molecule has 10 rings (SSSR count). The molecule has 0 radical (unpaired) electrons. The molecule has 0 atom stereocenters. The van der Waals surface area contributed by atoms with E-state index >= 15 is 0 Å². The zero-order valence-electron chi connectivity index (χ0n) is 24.4. The topological polar surface area (TPSA) is 0 Å². The summed E-state index contributed by atoms with van der Waals surface area (Å²) in [6.07, 6.45) is 0. The van der Waals surface area contributed by atoms with E-state index in [4.69, 9.17) is 0 Å². The lowest BCUT2D eigenvalue weighted by Crippen LogP contribution is -1.81. The van der Waals surface area contributed by atoms with Crippen molar-refractivity contribution in [2.24, 2.45) is 0 Å². The number of benzene rings is 2. The van der Waals surface area contributed by atoms with E-state index in [9.17, 15) is 0 Å². The summed E-state index contributed by atoms with van der Waals surface area (Å²) in [6, 6.07) is 28.2. The van der Waals surface area contributed by atoms with Crippen molar-refractivity contribution in [3.05, 3.63) is 92.3 Å². The molecular formula is C38H24S6. The van der Waals surface area contributed by atoms with E-state index in [1.54, 1.807) is 0 Å². The lowest BCUT2D eigenvalue weighted by atomic mass is 9.97. The number of hydrogen-bond acceptors (Lipinski definition) is 6. The number of aryl methyl sites for hydroxylation is 4. The van der Waals surface area contributed by atoms with Crippen LogP contribution in [-0.4, -0.2) is 0 Å². The third kappa shape index (κ3) is 3.47. The van der Waals surface area contributed by atoms with Gasteiger partial charge >= 0.3 is 0 Å². The Bertz CT molecular complexity index is 2160. The van der Waals surface area contributed by atoms with Crippen molar-refractivity contribution in [2.75, 3.05) is 0 Å². The molecule has 6 aromatic heterocycles. The Kier molecular flexibility index (Phi) is 5.48. The molecular weight excluding hydrogens is 649 g/mol. The Morgan fingerprint density at radius 1 is 0.295 bits per heavy atom. The lowest BCUT2D eigenvalue weighted by Gasteiger charge is -2.09. The number of thiophene rings is 6. The van der Waals surface area contributed by atoms with Gasteiger partial charge < -0.3 is 0 Å². The van der Waals surface area contributed by atoms with E-state index in [1.165, 1.54) is 114 Å². The maximum absolute atomic E-state index is 2.45. The van der Waals surface area contributed by atoms with Crippen LogP contribution in [0, 0.1) is 27.7 Å². The Morgan fingerprint density at radius 3 is 0.750 bits per heavy atom. The van der Waals surface area contributed by atoms with Gasteiger partial charge in [-0.2, -0.15) is 0 Å². The fourth-order valence-corrected chi connectivity index (χ4v) is 13.7. The van der Waals surface area contributed by atoms with Gasteiger partial charge in [0.1, 0.15) is 0 Å². The molecule has 212 valence electrons. The average molecular weight is 673 g/mol. The molecule has 2 aromatic carbocycles. The first kappa shape index (κ1) is 26.1. The minimum Gasteiger partial charge on any atom is -0.140 e. The summed E-state index contributed by atoms with van der Waals surface area (Å²) < 4.78 is 0. The summed E-state index contributed by atoms with van der Waals surface area (Å²) >= 11 is 11.6. The molecule has 0 nitrogen and oxygen atoms in total. The van der Waals surface area contributed by atoms with Crippen LogP contribution in [-0.2, 0) is 0 Å². The Hall–Kier alpha value is -3.10. The molecule has 0 saturated carbocycles. The molecule has 0 bridgehead atoms. The van der Waals surface area contributed by atoms with E-state index < -0.39 is 0 Å². The Morgan fingerprint density at radius 2 is 0.545 bits per heavy atom. The van der Waals surface area contributed by atoms with Crippen LogP contribution in [0.25, 0.3) is 94.3 Å². The second-order valence-corrected chi connectivity index (χ2v) is 18.9. The van der Waals surface area contributed by atoms with Gasteiger partial charge in [-0.25, -0.2) is 0 Å². The smallest absolute Gasteiger partial charge is 0.0534 e. The standard InChI is InChI=1S/C38H24S6/c1-17-5-13-25(39-17)35-31-21-9-10-23-30-24(12-11-22(29(21)30)32(31)36(43-35)26-14-6-18(2)40-26)34-33(23)37(27-15-7-19(3)41-27)44-38(34)28-16-8-20(4)42-28/h5-16H,1-4H3. The molecule has 0 fully saturated rings. The van der Waals surface area contributed by atoms with E-state index in [-0.39, 0.29) is 0 Å². The summed E-state index contributed by atoms with van der Waals surface area (Å²) in [4.78, 5) is 16.7. The third-order valence-electron chi connectivity index (χ3n) is 8.91. The fraction of sp³-hybridized carbons (Fsp3) is 0.105. The predicted molar refractivity (Wildman–Crippen MR) is 201 cm³/mol. The fourth-order valence-electron chi connectivity index (χ4n) is 7.14. The lowest BCUT2D eigenvalue weighted by molar-refractivity contribution is 1.64. The number of rotatable bonds is 4. The highest BCUT2D eigenvalue weighted by Crippen LogP contribution is 2.66. The highest BCUT2D eigenvalue weighted by molar-refractivity contribution is 7.28. The van der Waals surface area contributed by atoms with Crippen LogP contribution >= 0.6 is 68.0 Å². The van der Waals surface area contributed by atoms with Gasteiger partial charge in [-0.1, -0.05) is 24.3 Å². The molecule has 8 aromatic rings. The molecule has 6 heterocycles. The van der Waals surface area contributed by atoms with E-state index in [0.29, 0.717) is 0 Å². The molecule has 0 unspecified atom stereocenters. The van der Waals surface area contributed by atoms with Gasteiger partial charge in [0.05, 0.1) is 19.5 Å². The zero-order valence-corrected chi connectivity index (χ0v) is 29.3. The van der Waals surface area contributed by atoms with Gasteiger partial charge in [0.25, 0.3) is 0 Å². The van der Waals surface area contributed by atoms with Crippen molar-refractivity contribution in [1.82, 2.24) is 0 Å². The van der Waals surface area contributed by atoms with Crippen LogP contribution in [0.4, 0.5) is 0 Å². The normalized spacial score (nSPS) is 12.5. The second kappa shape index (κ2) is 9.23. The molecule has 6 heteroatoms. The SMILES string of the molecule is Cc1ccc(-c2sc(-c3ccc(C)s3)c3c2-c2ccc4c5c(ccc-3c25)-c2c(-c3ccc(C)s3)sc(-c3ccc(C)s3)c2-4)s1. The van der Waals surface area contributed by atoms with Crippen molar-refractivity contribution in [3.63, 3.8) is 0 Å². The molecule has 0 spiro atoms. The van der Waals surface area contributed by atoms with E-state index in [0.717, 1.165) is 0 Å². The summed E-state index contributed by atoms with van der Waals surface area (Å²) in [5.41, 5.74) is 11.4. The molecule has 44 heavy (non-hydrogen) atoms. The van der Waals surface area contributed by atoms with E-state index in [2.05, 4.69) is 100 Å². The highest BCUT2D eigenvalue weighted by Gasteiger charge is 2.37. The van der Waals surface area contributed by atoms with Crippen molar-refractivity contribution in [1.29, 1.82) is 0 Å². The molecule has 0 amide bonds. The van der Waals surface area contributed by atoms with Gasteiger partial charge in [-0.05, 0) is 109 Å². The first-order chi connectivity index (χ1) is 21.4. The summed E-state index contributed by atoms with van der Waals surface area (Å²) in [7, 11) is 0. The molecule has 0 N–H and O–H groups in total. The molecule has 0 aliphatic heterocycles. The second-order valence-electron chi connectivity index (χ2n) is 11.7. The largest absolute Gasteiger partial charge is 0.140 e. The first-order valence-electron chi connectivity index (χ1n) is 14.7. The summed E-state index contributed by atoms with van der Waals surface area (Å²) in [5, 5.41) is 2.90. The Labute approximate surface area is 280 Å². The van der Waals surface area contributed by atoms with Gasteiger partial charge in [0.15, 0.2) is 0 Å². The molecule has 2 aliphatic rings. The molecule has 2 aliphatic carbocycles. The maximum Gasteiger partial charge on any atom is 0.0534 e. The van der Waals surface area contributed by atoms with Crippen LogP contribution in [0.15, 0.2) is 72.8 Å². The number of fused-ring (bicyclic) bond motifs is 6. The predicted octanol–water partition coefficient (Wildman–Crippen LogP) is 14.4. The van der Waals surface area contributed by atoms with Gasteiger partial charge in [0, 0.05) is 61.3 Å². The summed E-state index contributed by atoms with van der Waals surface area (Å²) in [6.45, 7) is 8.89. The van der Waals surface area contributed by atoms with Crippen molar-refractivity contribution >= 4 is 78.8 Å². The van der Waals surface area contributed by atoms with Gasteiger partial charge in [0.2, 0.25) is 0 Å². The zero-order chi connectivity index (χ0) is 29.4.